The quantitative estimate of drug-likeness (QED) is 0.858. The van der Waals surface area contributed by atoms with Crippen LogP contribution in [-0.2, 0) is 5.41 Å². The number of hydrogen-bond donors (Lipinski definition) is 1. The molecule has 7 heteroatoms. The van der Waals surface area contributed by atoms with Crippen LogP contribution in [0.2, 0.25) is 0 Å². The highest BCUT2D eigenvalue weighted by Gasteiger charge is 2.62. The maximum atomic E-state index is 13.1. The van der Waals surface area contributed by atoms with E-state index < -0.39 is 24.2 Å². The van der Waals surface area contributed by atoms with Gasteiger partial charge in [0.15, 0.2) is 0 Å². The maximum absolute atomic E-state index is 13.1. The van der Waals surface area contributed by atoms with Crippen molar-refractivity contribution in [2.75, 3.05) is 0 Å². The minimum atomic E-state index is -4.99. The molecule has 4 nitrogen and oxygen atoms in total. The van der Waals surface area contributed by atoms with Gasteiger partial charge < -0.3 is 5.11 Å². The van der Waals surface area contributed by atoms with Crippen molar-refractivity contribution >= 4 is 11.6 Å². The SMILES string of the molecule is CC1=NN(C(=O)c2ccc(C(C)(C)C)cc2)[C@](O)(C(F)(F)F)C1. The van der Waals surface area contributed by atoms with Gasteiger partial charge in [0.2, 0.25) is 0 Å². The van der Waals surface area contributed by atoms with Crippen LogP contribution >= 0.6 is 0 Å². The molecule has 1 aromatic rings. The number of carbonyl (C=O) groups excluding carboxylic acids is 1. The molecule has 1 atom stereocenters. The largest absolute Gasteiger partial charge is 0.438 e. The van der Waals surface area contributed by atoms with Gasteiger partial charge >= 0.3 is 6.18 Å². The van der Waals surface area contributed by atoms with E-state index in [0.717, 1.165) is 5.56 Å². The molecule has 126 valence electrons. The third-order valence-corrected chi connectivity index (χ3v) is 3.77. The number of alkyl halides is 3. The van der Waals surface area contributed by atoms with E-state index in [2.05, 4.69) is 5.10 Å². The number of benzene rings is 1. The van der Waals surface area contributed by atoms with Crippen molar-refractivity contribution in [1.82, 2.24) is 5.01 Å². The maximum Gasteiger partial charge on any atom is 0.438 e. The van der Waals surface area contributed by atoms with Gasteiger partial charge in [-0.2, -0.15) is 23.3 Å². The lowest BCUT2D eigenvalue weighted by Gasteiger charge is -2.32. The first kappa shape index (κ1) is 17.5. The Hall–Kier alpha value is -1.89. The Labute approximate surface area is 132 Å². The minimum Gasteiger partial charge on any atom is -0.362 e. The standard InChI is InChI=1S/C16H19F3N2O2/c1-10-9-15(23,16(17,18)19)21(20-10)13(22)11-5-7-12(8-6-11)14(2,3)4/h5-8,23H,9H2,1-4H3/t15-/m1/s1. The zero-order chi connectivity index (χ0) is 17.6. The molecule has 0 saturated heterocycles. The average molecular weight is 328 g/mol. The first-order valence-electron chi connectivity index (χ1n) is 7.14. The number of halogens is 3. The van der Waals surface area contributed by atoms with Crippen LogP contribution in [0.5, 0.6) is 0 Å². The van der Waals surface area contributed by atoms with Gasteiger partial charge in [-0.25, -0.2) is 0 Å². The van der Waals surface area contributed by atoms with Gasteiger partial charge in [0.05, 0.1) is 0 Å². The Morgan fingerprint density at radius 1 is 1.22 bits per heavy atom. The Morgan fingerprint density at radius 2 is 1.74 bits per heavy atom. The van der Waals surface area contributed by atoms with E-state index in [1.165, 1.54) is 19.1 Å². The summed E-state index contributed by atoms with van der Waals surface area (Å²) in [4.78, 5) is 12.4. The van der Waals surface area contributed by atoms with Crippen LogP contribution in [0.3, 0.4) is 0 Å². The second kappa shape index (κ2) is 5.33. The van der Waals surface area contributed by atoms with E-state index in [9.17, 15) is 23.1 Å². The molecule has 23 heavy (non-hydrogen) atoms. The molecule has 1 N–H and O–H groups in total. The fourth-order valence-corrected chi connectivity index (χ4v) is 2.39. The van der Waals surface area contributed by atoms with Gasteiger partial charge in [-0.15, -0.1) is 0 Å². The molecule has 1 aromatic carbocycles. The molecule has 1 aliphatic heterocycles. The monoisotopic (exact) mass is 328 g/mol. The Bertz CT molecular complexity index is 645. The average Bonchev–Trinajstić information content (AvgIpc) is 2.73. The number of nitrogens with zero attached hydrogens (tertiary/aromatic N) is 2. The molecular formula is C16H19F3N2O2. The van der Waals surface area contributed by atoms with Crippen LogP contribution < -0.4 is 0 Å². The van der Waals surface area contributed by atoms with E-state index in [-0.39, 0.29) is 21.7 Å². The molecule has 2 rings (SSSR count). The zero-order valence-electron chi connectivity index (χ0n) is 13.4. The fourth-order valence-electron chi connectivity index (χ4n) is 2.39. The van der Waals surface area contributed by atoms with Gasteiger partial charge in [-0.05, 0) is 30.0 Å². The van der Waals surface area contributed by atoms with E-state index in [0.29, 0.717) is 0 Å². The Morgan fingerprint density at radius 3 is 2.17 bits per heavy atom. The molecule has 0 aliphatic carbocycles. The number of rotatable bonds is 1. The summed E-state index contributed by atoms with van der Waals surface area (Å²) in [5.74, 6) is -0.984. The summed E-state index contributed by atoms with van der Waals surface area (Å²) in [6, 6.07) is 6.27. The van der Waals surface area contributed by atoms with Crippen molar-refractivity contribution in [3.8, 4) is 0 Å². The predicted molar refractivity (Wildman–Crippen MR) is 80.0 cm³/mol. The number of hydrazone groups is 1. The van der Waals surface area contributed by atoms with E-state index in [1.54, 1.807) is 12.1 Å². The summed E-state index contributed by atoms with van der Waals surface area (Å²) in [7, 11) is 0. The molecule has 1 aliphatic rings. The van der Waals surface area contributed by atoms with Crippen LogP contribution in [0.15, 0.2) is 29.4 Å². The third-order valence-electron chi connectivity index (χ3n) is 3.77. The lowest BCUT2D eigenvalue weighted by Crippen LogP contribution is -2.56. The third kappa shape index (κ3) is 3.10. The zero-order valence-corrected chi connectivity index (χ0v) is 13.4. The first-order valence-corrected chi connectivity index (χ1v) is 7.14. The smallest absolute Gasteiger partial charge is 0.362 e. The van der Waals surface area contributed by atoms with Gasteiger partial charge in [0, 0.05) is 17.7 Å². The molecule has 1 heterocycles. The topological polar surface area (TPSA) is 52.9 Å². The highest BCUT2D eigenvalue weighted by molar-refractivity contribution is 5.97. The number of amides is 1. The molecule has 0 fully saturated rings. The first-order chi connectivity index (χ1) is 10.4. The number of aliphatic hydroxyl groups is 1. The molecular weight excluding hydrogens is 309 g/mol. The normalized spacial score (nSPS) is 22.3. The van der Waals surface area contributed by atoms with Gasteiger partial charge in [-0.1, -0.05) is 32.9 Å². The lowest BCUT2D eigenvalue weighted by atomic mass is 9.86. The van der Waals surface area contributed by atoms with E-state index in [4.69, 9.17) is 0 Å². The highest BCUT2D eigenvalue weighted by atomic mass is 19.4. The number of hydrogen-bond acceptors (Lipinski definition) is 3. The van der Waals surface area contributed by atoms with Crippen molar-refractivity contribution in [2.24, 2.45) is 5.10 Å². The van der Waals surface area contributed by atoms with Crippen LogP contribution in [0, 0.1) is 0 Å². The summed E-state index contributed by atoms with van der Waals surface area (Å²) in [5.41, 5.74) is -2.40. The molecule has 0 saturated carbocycles. The minimum absolute atomic E-state index is 0.0409. The fraction of sp³-hybridized carbons (Fsp3) is 0.500. The van der Waals surface area contributed by atoms with Crippen molar-refractivity contribution in [3.63, 3.8) is 0 Å². The van der Waals surface area contributed by atoms with Crippen molar-refractivity contribution < 1.29 is 23.1 Å². The van der Waals surface area contributed by atoms with Crippen molar-refractivity contribution in [3.05, 3.63) is 35.4 Å². The summed E-state index contributed by atoms with van der Waals surface area (Å²) < 4.78 is 39.4. The summed E-state index contributed by atoms with van der Waals surface area (Å²) in [6.45, 7) is 7.30. The van der Waals surface area contributed by atoms with Gasteiger partial charge in [0.25, 0.3) is 11.6 Å². The predicted octanol–water partition coefficient (Wildman–Crippen LogP) is 3.46. The van der Waals surface area contributed by atoms with Gasteiger partial charge in [-0.3, -0.25) is 4.79 Å². The van der Waals surface area contributed by atoms with Crippen LogP contribution in [0.25, 0.3) is 0 Å². The molecule has 1 amide bonds. The highest BCUT2D eigenvalue weighted by Crippen LogP contribution is 2.40. The van der Waals surface area contributed by atoms with Crippen LogP contribution in [-0.4, -0.2) is 33.6 Å². The van der Waals surface area contributed by atoms with Gasteiger partial charge in [0.1, 0.15) is 0 Å². The molecule has 0 spiro atoms. The second-order valence-corrected chi connectivity index (χ2v) is 6.77. The molecule has 0 aromatic heterocycles. The summed E-state index contributed by atoms with van der Waals surface area (Å²) in [5, 5.41) is 13.7. The van der Waals surface area contributed by atoms with E-state index in [1.807, 2.05) is 20.8 Å². The van der Waals surface area contributed by atoms with Crippen molar-refractivity contribution in [1.29, 1.82) is 0 Å². The lowest BCUT2D eigenvalue weighted by molar-refractivity contribution is -0.297. The molecule has 0 radical (unpaired) electrons. The Balaban J connectivity index is 2.36. The van der Waals surface area contributed by atoms with Crippen LogP contribution in [0.1, 0.15) is 50.0 Å². The second-order valence-electron chi connectivity index (χ2n) is 6.77. The van der Waals surface area contributed by atoms with E-state index >= 15 is 0 Å². The Kier molecular flexibility index (Phi) is 4.05. The summed E-state index contributed by atoms with van der Waals surface area (Å²) in [6.07, 6.45) is -5.74. The van der Waals surface area contributed by atoms with Crippen LogP contribution in [0.4, 0.5) is 13.2 Å². The summed E-state index contributed by atoms with van der Waals surface area (Å²) >= 11 is 0. The van der Waals surface area contributed by atoms with Crippen molar-refractivity contribution in [2.45, 2.75) is 51.4 Å². The molecule has 0 unspecified atom stereocenters. The molecule has 0 bridgehead atoms. The number of carbonyl (C=O) groups is 1.